The van der Waals surface area contributed by atoms with Crippen LogP contribution in [0, 0.1) is 5.82 Å². The summed E-state index contributed by atoms with van der Waals surface area (Å²) in [5, 5.41) is 2.96. The van der Waals surface area contributed by atoms with Gasteiger partial charge < -0.3 is 24.6 Å². The zero-order valence-electron chi connectivity index (χ0n) is 19.1. The molecule has 0 heterocycles. The molecule has 0 aromatic heterocycles. The Labute approximate surface area is 206 Å². The van der Waals surface area contributed by atoms with Gasteiger partial charge in [0.05, 0.1) is 12.6 Å². The van der Waals surface area contributed by atoms with E-state index in [1.54, 1.807) is 24.3 Å². The van der Waals surface area contributed by atoms with Crippen molar-refractivity contribution in [2.24, 2.45) is 0 Å². The van der Waals surface area contributed by atoms with Gasteiger partial charge in [-0.3, -0.25) is 18.9 Å². The summed E-state index contributed by atoms with van der Waals surface area (Å²) in [6.45, 7) is 2.52. The van der Waals surface area contributed by atoms with E-state index in [4.69, 9.17) is 30.9 Å². The van der Waals surface area contributed by atoms with Crippen LogP contribution in [-0.2, 0) is 34.8 Å². The number of benzene rings is 2. The Balaban J connectivity index is 2.13. The summed E-state index contributed by atoms with van der Waals surface area (Å²) in [6, 6.07) is 10.1. The highest BCUT2D eigenvalue weighted by Crippen LogP contribution is 2.34. The maximum atomic E-state index is 14.1. The van der Waals surface area contributed by atoms with E-state index < -0.39 is 56.2 Å². The van der Waals surface area contributed by atoms with E-state index in [0.29, 0.717) is 21.7 Å². The third-order valence-electron chi connectivity index (χ3n) is 4.71. The molecule has 0 saturated heterocycles. The van der Waals surface area contributed by atoms with Crippen molar-refractivity contribution in [3.05, 3.63) is 58.9 Å². The maximum Gasteiger partial charge on any atom is 0.326 e. The van der Waals surface area contributed by atoms with E-state index >= 15 is 0 Å². The highest BCUT2D eigenvalue weighted by molar-refractivity contribution is 7.51. The van der Waals surface area contributed by atoms with E-state index in [9.17, 15) is 23.3 Å². The highest BCUT2D eigenvalue weighted by Gasteiger charge is 2.22. The molecule has 0 aliphatic rings. The number of hydrogen-bond acceptors (Lipinski definition) is 6. The molecule has 2 aromatic rings. The van der Waals surface area contributed by atoms with E-state index in [0.717, 1.165) is 6.92 Å². The third-order valence-corrected chi connectivity index (χ3v) is 5.75. The molecule has 0 aliphatic heterocycles. The van der Waals surface area contributed by atoms with Crippen LogP contribution in [0.3, 0.4) is 0 Å². The molecule has 3 N–H and O–H groups in total. The fourth-order valence-corrected chi connectivity index (χ4v) is 3.90. The minimum Gasteiger partial charge on any atom is -0.426 e. The first-order chi connectivity index (χ1) is 16.3. The normalized spacial score (nSPS) is 13.0. The standard InChI is InChI=1S/C23H26ClFNO8P/c1-14(27)33-15(2)34-23(29)13-19(26-22(28)9-10-35(30,31)32)11-16-3-5-17(6-4-16)20-12-18(24)7-8-21(20)25/h3-8,12,15,19H,9-11,13H2,1-2H3,(H,26,28)(H2,30,31,32). The smallest absolute Gasteiger partial charge is 0.326 e. The van der Waals surface area contributed by atoms with Gasteiger partial charge in [0.2, 0.25) is 12.2 Å². The second kappa shape index (κ2) is 12.8. The van der Waals surface area contributed by atoms with Crippen molar-refractivity contribution in [3.63, 3.8) is 0 Å². The van der Waals surface area contributed by atoms with Crippen LogP contribution >= 0.6 is 19.2 Å². The SMILES string of the molecule is CC(=O)OC(C)OC(=O)CC(Cc1ccc(-c2cc(Cl)ccc2F)cc1)NC(=O)CCP(=O)(O)O. The van der Waals surface area contributed by atoms with E-state index in [1.165, 1.54) is 25.1 Å². The molecule has 0 bridgehead atoms. The number of esters is 2. The number of halogens is 2. The molecule has 12 heteroatoms. The summed E-state index contributed by atoms with van der Waals surface area (Å²) < 4.78 is 35.0. The lowest BCUT2D eigenvalue weighted by Gasteiger charge is -2.20. The van der Waals surface area contributed by atoms with Crippen molar-refractivity contribution in [2.45, 2.75) is 45.4 Å². The topological polar surface area (TPSA) is 139 Å². The molecule has 0 spiro atoms. The number of amides is 1. The highest BCUT2D eigenvalue weighted by atomic mass is 35.5. The van der Waals surface area contributed by atoms with Gasteiger partial charge in [0.15, 0.2) is 0 Å². The molecule has 0 radical (unpaired) electrons. The molecule has 9 nitrogen and oxygen atoms in total. The van der Waals surface area contributed by atoms with Crippen molar-refractivity contribution in [1.82, 2.24) is 5.32 Å². The Morgan fingerprint density at radius 2 is 1.77 bits per heavy atom. The van der Waals surface area contributed by atoms with Gasteiger partial charge in [-0.2, -0.15) is 0 Å². The first kappa shape index (κ1) is 28.5. The molecule has 190 valence electrons. The number of carbonyl (C=O) groups excluding carboxylic acids is 3. The Morgan fingerprint density at radius 1 is 1.11 bits per heavy atom. The minimum atomic E-state index is -4.37. The second-order valence-corrected chi connectivity index (χ2v) is 10.0. The van der Waals surface area contributed by atoms with Crippen molar-refractivity contribution >= 4 is 37.0 Å². The fourth-order valence-electron chi connectivity index (χ4n) is 3.24. The first-order valence-corrected chi connectivity index (χ1v) is 12.7. The number of carbonyl (C=O) groups is 3. The van der Waals surface area contributed by atoms with Gasteiger partial charge in [0.25, 0.3) is 0 Å². The van der Waals surface area contributed by atoms with E-state index in [2.05, 4.69) is 5.32 Å². The number of nitrogens with one attached hydrogen (secondary N) is 1. The van der Waals surface area contributed by atoms with Crippen molar-refractivity contribution in [1.29, 1.82) is 0 Å². The van der Waals surface area contributed by atoms with E-state index in [-0.39, 0.29) is 12.8 Å². The maximum absolute atomic E-state index is 14.1. The molecular weight excluding hydrogens is 504 g/mol. The van der Waals surface area contributed by atoms with Crippen LogP contribution in [0.15, 0.2) is 42.5 Å². The van der Waals surface area contributed by atoms with Gasteiger partial charge in [-0.25, -0.2) is 4.39 Å². The predicted molar refractivity (Wildman–Crippen MR) is 126 cm³/mol. The molecule has 1 amide bonds. The second-order valence-electron chi connectivity index (χ2n) is 7.80. The van der Waals surface area contributed by atoms with Crippen LogP contribution in [0.2, 0.25) is 5.02 Å². The average molecular weight is 530 g/mol. The first-order valence-electron chi connectivity index (χ1n) is 10.6. The van der Waals surface area contributed by atoms with Gasteiger partial charge in [0, 0.05) is 36.9 Å². The van der Waals surface area contributed by atoms with Crippen LogP contribution in [0.25, 0.3) is 11.1 Å². The number of rotatable bonds is 11. The van der Waals surface area contributed by atoms with Crippen molar-refractivity contribution in [3.8, 4) is 11.1 Å². The molecule has 0 aliphatic carbocycles. The summed E-state index contributed by atoms with van der Waals surface area (Å²) in [4.78, 5) is 53.5. The number of ether oxygens (including phenoxy) is 2. The molecule has 0 fully saturated rings. The van der Waals surface area contributed by atoms with Gasteiger partial charge >= 0.3 is 19.5 Å². The quantitative estimate of drug-likeness (QED) is 0.228. The lowest BCUT2D eigenvalue weighted by molar-refractivity contribution is -0.183. The monoisotopic (exact) mass is 529 g/mol. The van der Waals surface area contributed by atoms with Crippen LogP contribution < -0.4 is 5.32 Å². The Kier molecular flexibility index (Phi) is 10.4. The summed E-state index contributed by atoms with van der Waals surface area (Å²) in [7, 11) is -4.37. The zero-order chi connectivity index (χ0) is 26.2. The van der Waals surface area contributed by atoms with Gasteiger partial charge in [-0.05, 0) is 35.7 Å². The Bertz CT molecular complexity index is 1110. The molecule has 2 unspecified atom stereocenters. The van der Waals surface area contributed by atoms with Gasteiger partial charge in [-0.1, -0.05) is 35.9 Å². The molecular formula is C23H26ClFNO8P. The summed E-state index contributed by atoms with van der Waals surface area (Å²) in [5.74, 6) is -2.49. The minimum absolute atomic E-state index is 0.164. The van der Waals surface area contributed by atoms with Crippen molar-refractivity contribution < 1.29 is 42.6 Å². The van der Waals surface area contributed by atoms with Crippen LogP contribution in [0.4, 0.5) is 4.39 Å². The van der Waals surface area contributed by atoms with Crippen LogP contribution in [-0.4, -0.2) is 46.1 Å². The molecule has 2 atom stereocenters. The van der Waals surface area contributed by atoms with Crippen LogP contribution in [0.5, 0.6) is 0 Å². The fraction of sp³-hybridized carbons (Fsp3) is 0.348. The summed E-state index contributed by atoms with van der Waals surface area (Å²) in [6.07, 6.45) is -2.33. The third kappa shape index (κ3) is 10.6. The molecule has 0 saturated carbocycles. The van der Waals surface area contributed by atoms with Crippen LogP contribution in [0.1, 0.15) is 32.3 Å². The van der Waals surface area contributed by atoms with E-state index in [1.807, 2.05) is 0 Å². The van der Waals surface area contributed by atoms with Gasteiger partial charge in [0.1, 0.15) is 5.82 Å². The van der Waals surface area contributed by atoms with Gasteiger partial charge in [-0.15, -0.1) is 0 Å². The number of hydrogen-bond donors (Lipinski definition) is 3. The Hall–Kier alpha value is -2.78. The Morgan fingerprint density at radius 3 is 2.37 bits per heavy atom. The molecule has 35 heavy (non-hydrogen) atoms. The molecule has 2 rings (SSSR count). The van der Waals surface area contributed by atoms with Crippen molar-refractivity contribution in [2.75, 3.05) is 6.16 Å². The largest absolute Gasteiger partial charge is 0.426 e. The molecule has 2 aromatic carbocycles. The average Bonchev–Trinajstić information content (AvgIpc) is 2.73. The lowest BCUT2D eigenvalue weighted by Crippen LogP contribution is -2.39. The predicted octanol–water partition coefficient (Wildman–Crippen LogP) is 3.58. The summed E-state index contributed by atoms with van der Waals surface area (Å²) >= 11 is 5.95. The zero-order valence-corrected chi connectivity index (χ0v) is 20.7. The summed E-state index contributed by atoms with van der Waals surface area (Å²) in [5.41, 5.74) is 1.58. The lowest BCUT2D eigenvalue weighted by atomic mass is 9.99.